The molecule has 1 aliphatic rings. The number of anilines is 1. The number of fused-ring (bicyclic) bond motifs is 2. The van der Waals surface area contributed by atoms with Gasteiger partial charge in [-0.1, -0.05) is 6.07 Å². The molecule has 172 valence electrons. The van der Waals surface area contributed by atoms with E-state index in [0.29, 0.717) is 54.0 Å². The molecule has 1 amide bonds. The molecule has 12 heteroatoms. The lowest BCUT2D eigenvalue weighted by Gasteiger charge is -2.30. The Morgan fingerprint density at radius 1 is 1.21 bits per heavy atom. The van der Waals surface area contributed by atoms with E-state index in [1.165, 1.54) is 16.9 Å². The van der Waals surface area contributed by atoms with E-state index in [9.17, 15) is 13.2 Å². The van der Waals surface area contributed by atoms with Gasteiger partial charge < -0.3 is 16.5 Å². The van der Waals surface area contributed by atoms with E-state index in [-0.39, 0.29) is 6.04 Å². The van der Waals surface area contributed by atoms with Crippen LogP contribution < -0.4 is 11.5 Å². The van der Waals surface area contributed by atoms with E-state index < -0.39 is 15.9 Å². The topological polar surface area (TPSA) is 166 Å². The molecule has 5 N–H and O–H groups in total. The number of nitrogens with zero attached hydrogens (tertiary/aromatic N) is 5. The fraction of sp³-hybridized carbons (Fsp3) is 0.333. The average Bonchev–Trinajstić information content (AvgIpc) is 3.32. The molecule has 11 nitrogen and oxygen atoms in total. The summed E-state index contributed by atoms with van der Waals surface area (Å²) in [6, 6.07) is 5.23. The molecule has 0 spiro atoms. The van der Waals surface area contributed by atoms with Gasteiger partial charge in [0.15, 0.2) is 5.65 Å². The summed E-state index contributed by atoms with van der Waals surface area (Å²) >= 11 is 0. The smallest absolute Gasteiger partial charge is 0.248 e. The van der Waals surface area contributed by atoms with Gasteiger partial charge in [0.1, 0.15) is 17.8 Å². The number of sulfonamides is 1. The van der Waals surface area contributed by atoms with E-state index in [0.717, 1.165) is 22.2 Å². The molecule has 1 aromatic carbocycles. The number of aromatic amines is 1. The van der Waals surface area contributed by atoms with Crippen molar-refractivity contribution in [2.24, 2.45) is 5.73 Å². The van der Waals surface area contributed by atoms with Gasteiger partial charge >= 0.3 is 0 Å². The maximum Gasteiger partial charge on any atom is 0.248 e. The Morgan fingerprint density at radius 3 is 2.61 bits per heavy atom. The molecule has 1 aliphatic heterocycles. The second-order valence-corrected chi connectivity index (χ2v) is 10.4. The van der Waals surface area contributed by atoms with Crippen LogP contribution in [0.2, 0.25) is 0 Å². The number of H-pyrrole nitrogens is 1. The number of amides is 1. The zero-order valence-electron chi connectivity index (χ0n) is 18.2. The van der Waals surface area contributed by atoms with E-state index in [1.807, 2.05) is 17.7 Å². The highest BCUT2D eigenvalue weighted by Gasteiger charge is 2.29. The van der Waals surface area contributed by atoms with Gasteiger partial charge in [-0.2, -0.15) is 5.10 Å². The second-order valence-electron chi connectivity index (χ2n) is 8.39. The van der Waals surface area contributed by atoms with Crippen LogP contribution in [0.1, 0.15) is 34.8 Å². The van der Waals surface area contributed by atoms with Crippen molar-refractivity contribution < 1.29 is 13.2 Å². The average molecular weight is 469 g/mol. The largest absolute Gasteiger partial charge is 0.383 e. The number of aromatic nitrogens is 5. The minimum absolute atomic E-state index is 0.0281. The van der Waals surface area contributed by atoms with Gasteiger partial charge in [0.2, 0.25) is 15.9 Å². The number of rotatable bonds is 4. The standard InChI is InChI=1S/C21H24N8O3S/c1-11-14-4-3-12(20(23)30)9-15(14)26-17(11)18-16-19(22)24-10-25-21(16)29(27-18)13-5-7-28(8-6-13)33(2,31)32/h3-4,9-10,13,26H,5-8H2,1-2H3,(H2,23,30)(H2,22,24,25). The van der Waals surface area contributed by atoms with Gasteiger partial charge in [-0.15, -0.1) is 0 Å². The van der Waals surface area contributed by atoms with E-state index in [4.69, 9.17) is 16.6 Å². The fourth-order valence-electron chi connectivity index (χ4n) is 4.57. The molecule has 0 unspecified atom stereocenters. The summed E-state index contributed by atoms with van der Waals surface area (Å²) in [5.74, 6) is -0.191. The highest BCUT2D eigenvalue weighted by atomic mass is 32.2. The number of nitrogen functional groups attached to an aromatic ring is 1. The third kappa shape index (κ3) is 3.51. The number of aryl methyl sites for hydroxylation is 1. The number of benzene rings is 1. The molecule has 33 heavy (non-hydrogen) atoms. The fourth-order valence-corrected chi connectivity index (χ4v) is 5.45. The predicted molar refractivity (Wildman–Crippen MR) is 125 cm³/mol. The quantitative estimate of drug-likeness (QED) is 0.408. The van der Waals surface area contributed by atoms with Crippen LogP contribution in [0.15, 0.2) is 24.5 Å². The summed E-state index contributed by atoms with van der Waals surface area (Å²) in [6.07, 6.45) is 3.86. The summed E-state index contributed by atoms with van der Waals surface area (Å²) in [5, 5.41) is 6.46. The maximum absolute atomic E-state index is 11.9. The van der Waals surface area contributed by atoms with Crippen molar-refractivity contribution in [1.29, 1.82) is 0 Å². The minimum Gasteiger partial charge on any atom is -0.383 e. The lowest BCUT2D eigenvalue weighted by Crippen LogP contribution is -2.38. The Hall–Kier alpha value is -3.51. The minimum atomic E-state index is -3.23. The Kier molecular flexibility index (Phi) is 4.87. The maximum atomic E-state index is 11.9. The molecule has 0 radical (unpaired) electrons. The zero-order chi connectivity index (χ0) is 23.5. The molecule has 5 rings (SSSR count). The molecule has 0 atom stereocenters. The van der Waals surface area contributed by atoms with Gasteiger partial charge in [0.05, 0.1) is 23.4 Å². The van der Waals surface area contributed by atoms with Crippen molar-refractivity contribution in [3.05, 3.63) is 35.7 Å². The lowest BCUT2D eigenvalue weighted by atomic mass is 10.1. The Balaban J connectivity index is 1.63. The second kappa shape index (κ2) is 7.52. The van der Waals surface area contributed by atoms with E-state index in [2.05, 4.69) is 15.0 Å². The van der Waals surface area contributed by atoms with Crippen LogP contribution in [-0.2, 0) is 10.0 Å². The van der Waals surface area contributed by atoms with Crippen molar-refractivity contribution >= 4 is 43.7 Å². The number of piperidine rings is 1. The Labute approximate surface area is 189 Å². The van der Waals surface area contributed by atoms with Crippen LogP contribution in [0.25, 0.3) is 33.3 Å². The van der Waals surface area contributed by atoms with Crippen molar-refractivity contribution in [3.8, 4) is 11.4 Å². The van der Waals surface area contributed by atoms with Crippen molar-refractivity contribution in [2.75, 3.05) is 25.1 Å². The highest BCUT2D eigenvalue weighted by Crippen LogP contribution is 2.37. The van der Waals surface area contributed by atoms with Crippen LogP contribution in [0.5, 0.6) is 0 Å². The first-order chi connectivity index (χ1) is 15.6. The molecule has 1 saturated heterocycles. The number of carbonyl (C=O) groups excluding carboxylic acids is 1. The number of primary amides is 1. The predicted octanol–water partition coefficient (Wildman–Crippen LogP) is 1.56. The third-order valence-electron chi connectivity index (χ3n) is 6.34. The van der Waals surface area contributed by atoms with Crippen LogP contribution in [-0.4, -0.2) is 62.7 Å². The molecule has 0 saturated carbocycles. The van der Waals surface area contributed by atoms with Crippen LogP contribution in [0.4, 0.5) is 5.82 Å². The third-order valence-corrected chi connectivity index (χ3v) is 7.64. The number of hydrogen-bond donors (Lipinski definition) is 3. The lowest BCUT2D eigenvalue weighted by molar-refractivity contribution is 0.100. The molecular formula is C21H24N8O3S. The molecule has 3 aromatic heterocycles. The molecule has 0 aliphatic carbocycles. The Bertz CT molecular complexity index is 1510. The summed E-state index contributed by atoms with van der Waals surface area (Å²) in [4.78, 5) is 23.6. The summed E-state index contributed by atoms with van der Waals surface area (Å²) < 4.78 is 27.1. The van der Waals surface area contributed by atoms with Crippen LogP contribution >= 0.6 is 0 Å². The number of nitrogens with two attached hydrogens (primary N) is 2. The monoisotopic (exact) mass is 468 g/mol. The first-order valence-corrected chi connectivity index (χ1v) is 12.4. The molecule has 4 heterocycles. The number of hydrogen-bond acceptors (Lipinski definition) is 7. The summed E-state index contributed by atoms with van der Waals surface area (Å²) in [7, 11) is -3.23. The molecular weight excluding hydrogens is 444 g/mol. The highest BCUT2D eigenvalue weighted by molar-refractivity contribution is 7.88. The zero-order valence-corrected chi connectivity index (χ0v) is 19.1. The first-order valence-electron chi connectivity index (χ1n) is 10.5. The summed E-state index contributed by atoms with van der Waals surface area (Å²) in [6.45, 7) is 2.80. The van der Waals surface area contributed by atoms with Crippen molar-refractivity contribution in [3.63, 3.8) is 0 Å². The normalized spacial score (nSPS) is 16.1. The van der Waals surface area contributed by atoms with Gasteiger partial charge in [0, 0.05) is 29.6 Å². The van der Waals surface area contributed by atoms with E-state index >= 15 is 0 Å². The van der Waals surface area contributed by atoms with Gasteiger partial charge in [-0.3, -0.25) is 4.79 Å². The molecule has 0 bridgehead atoms. The van der Waals surface area contributed by atoms with E-state index in [1.54, 1.807) is 12.1 Å². The molecule has 1 fully saturated rings. The SMILES string of the molecule is Cc1c(-c2nn(C3CCN(S(C)(=O)=O)CC3)c3ncnc(N)c23)[nH]c2cc(C(N)=O)ccc12. The number of carbonyl (C=O) groups is 1. The van der Waals surface area contributed by atoms with Crippen LogP contribution in [0.3, 0.4) is 0 Å². The summed E-state index contributed by atoms with van der Waals surface area (Å²) in [5.41, 5.74) is 15.8. The first kappa shape index (κ1) is 21.3. The van der Waals surface area contributed by atoms with Gasteiger partial charge in [0.25, 0.3) is 0 Å². The number of nitrogens with one attached hydrogen (secondary N) is 1. The van der Waals surface area contributed by atoms with Gasteiger partial charge in [-0.25, -0.2) is 27.4 Å². The van der Waals surface area contributed by atoms with Crippen molar-refractivity contribution in [1.82, 2.24) is 29.0 Å². The molecule has 4 aromatic rings. The van der Waals surface area contributed by atoms with Crippen molar-refractivity contribution in [2.45, 2.75) is 25.8 Å². The Morgan fingerprint density at radius 2 is 1.94 bits per heavy atom. The van der Waals surface area contributed by atoms with Gasteiger partial charge in [-0.05, 0) is 37.5 Å². The van der Waals surface area contributed by atoms with Crippen LogP contribution in [0, 0.1) is 6.92 Å².